The van der Waals surface area contributed by atoms with Crippen LogP contribution in [0.1, 0.15) is 45.7 Å². The summed E-state index contributed by atoms with van der Waals surface area (Å²) in [4.78, 5) is 45.5. The molecule has 4 fully saturated rings. The van der Waals surface area contributed by atoms with Crippen LogP contribution in [0.15, 0.2) is 28.7 Å². The summed E-state index contributed by atoms with van der Waals surface area (Å²) in [6.07, 6.45) is 3.75. The number of likely N-dealkylation sites (tertiary alicyclic amines) is 1. The lowest BCUT2D eigenvalue weighted by atomic mass is 9.85. The molecule has 2 amide bonds. The van der Waals surface area contributed by atoms with E-state index in [0.29, 0.717) is 17.5 Å². The number of carbonyl (C=O) groups excluding carboxylic acids is 2. The number of hydrogen-bond acceptors (Lipinski definition) is 9. The molecule has 0 spiro atoms. The molecule has 6 rings (SSSR count). The standard InChI is InChI=1S/C26H33N7O2S2/c1-16-25(37-17(2)30-16)23(27-4)14-36-15-29-24-6-5-19(10-28-24)26(35)33-21-9-22(33)13-32(12-21)20-7-8-31(11-20)18(3)34/h5-6,10,14,20-22H,4,7-9,11-13,15H2,1-3H3,(H,28,29)/b23-14-/t20?,21-,22+. The van der Waals surface area contributed by atoms with Crippen LogP contribution in [0.2, 0.25) is 0 Å². The fourth-order valence-corrected chi connectivity index (χ4v) is 7.18. The second-order valence-corrected chi connectivity index (χ2v) is 11.9. The molecule has 1 unspecified atom stereocenters. The largest absolute Gasteiger partial charge is 0.361 e. The Labute approximate surface area is 226 Å². The Morgan fingerprint density at radius 2 is 2.03 bits per heavy atom. The van der Waals surface area contributed by atoms with Crippen molar-refractivity contribution in [3.05, 3.63) is 44.9 Å². The predicted molar refractivity (Wildman–Crippen MR) is 150 cm³/mol. The third-order valence-corrected chi connectivity index (χ3v) is 9.23. The van der Waals surface area contributed by atoms with Gasteiger partial charge in [-0.3, -0.25) is 19.5 Å². The zero-order valence-electron chi connectivity index (χ0n) is 21.5. The van der Waals surface area contributed by atoms with E-state index in [1.807, 2.05) is 41.2 Å². The number of nitrogens with zero attached hydrogens (tertiary/aromatic N) is 6. The van der Waals surface area contributed by atoms with Gasteiger partial charge in [-0.2, -0.15) is 0 Å². The Bertz CT molecular complexity index is 1200. The van der Waals surface area contributed by atoms with Crippen molar-refractivity contribution in [1.82, 2.24) is 24.7 Å². The van der Waals surface area contributed by atoms with E-state index in [-0.39, 0.29) is 23.9 Å². The summed E-state index contributed by atoms with van der Waals surface area (Å²) in [5, 5.41) is 6.27. The average molecular weight is 540 g/mol. The van der Waals surface area contributed by atoms with E-state index < -0.39 is 0 Å². The van der Waals surface area contributed by atoms with Gasteiger partial charge in [-0.05, 0) is 50.9 Å². The SMILES string of the molecule is C=N/C(=C\SCNc1ccc(C(=O)N2[C@@H]3C[C@H]2CN(C2CCN(C(C)=O)C2)C3)cn1)c1sc(C)nc1C. The normalized spacial score (nSPS) is 23.6. The minimum atomic E-state index is 0.0611. The maximum absolute atomic E-state index is 13.2. The second-order valence-electron chi connectivity index (χ2n) is 9.85. The van der Waals surface area contributed by atoms with E-state index in [2.05, 4.69) is 31.9 Å². The van der Waals surface area contributed by atoms with E-state index in [4.69, 9.17) is 0 Å². The molecule has 0 saturated carbocycles. The van der Waals surface area contributed by atoms with Crippen LogP contribution in [-0.4, -0.2) is 93.4 Å². The van der Waals surface area contributed by atoms with Gasteiger partial charge < -0.3 is 15.1 Å². The van der Waals surface area contributed by atoms with Gasteiger partial charge in [-0.15, -0.1) is 23.1 Å². The van der Waals surface area contributed by atoms with Gasteiger partial charge in [0, 0.05) is 57.4 Å². The van der Waals surface area contributed by atoms with Crippen LogP contribution in [0, 0.1) is 13.8 Å². The lowest BCUT2D eigenvalue weighted by molar-refractivity contribution is -0.128. The number of hydrogen-bond donors (Lipinski definition) is 1. The minimum absolute atomic E-state index is 0.0611. The first kappa shape index (κ1) is 25.9. The van der Waals surface area contributed by atoms with Gasteiger partial charge in [0.2, 0.25) is 5.91 Å². The number of aromatic nitrogens is 2. The van der Waals surface area contributed by atoms with Crippen molar-refractivity contribution >= 4 is 53.1 Å². The van der Waals surface area contributed by atoms with Crippen molar-refractivity contribution in [3.8, 4) is 0 Å². The molecule has 0 radical (unpaired) electrons. The van der Waals surface area contributed by atoms with Crippen molar-refractivity contribution in [2.24, 2.45) is 4.99 Å². The van der Waals surface area contributed by atoms with Crippen LogP contribution >= 0.6 is 23.1 Å². The summed E-state index contributed by atoms with van der Waals surface area (Å²) in [6, 6.07) is 4.62. The number of anilines is 1. The van der Waals surface area contributed by atoms with E-state index in [1.165, 1.54) is 0 Å². The Hall–Kier alpha value is -2.76. The molecule has 2 aromatic rings. The number of rotatable bonds is 8. The van der Waals surface area contributed by atoms with Gasteiger partial charge in [0.15, 0.2) is 0 Å². The highest BCUT2D eigenvalue weighted by Gasteiger charge is 2.49. The molecule has 6 heterocycles. The Morgan fingerprint density at radius 3 is 2.62 bits per heavy atom. The van der Waals surface area contributed by atoms with Gasteiger partial charge in [-0.1, -0.05) is 0 Å². The van der Waals surface area contributed by atoms with Crippen LogP contribution in [0.25, 0.3) is 5.70 Å². The third kappa shape index (κ3) is 5.44. The van der Waals surface area contributed by atoms with Crippen molar-refractivity contribution in [3.63, 3.8) is 0 Å². The van der Waals surface area contributed by atoms with Crippen molar-refractivity contribution < 1.29 is 9.59 Å². The smallest absolute Gasteiger partial charge is 0.256 e. The molecule has 3 atom stereocenters. The number of piperazine rings is 1. The maximum Gasteiger partial charge on any atom is 0.256 e. The van der Waals surface area contributed by atoms with Crippen molar-refractivity contribution in [1.29, 1.82) is 0 Å². The highest BCUT2D eigenvalue weighted by atomic mass is 32.2. The molecule has 2 bridgehead atoms. The number of piperidine rings is 1. The van der Waals surface area contributed by atoms with Crippen LogP contribution in [0.4, 0.5) is 5.82 Å². The molecule has 4 saturated heterocycles. The zero-order valence-corrected chi connectivity index (χ0v) is 23.1. The Kier molecular flexibility index (Phi) is 7.64. The van der Waals surface area contributed by atoms with E-state index >= 15 is 0 Å². The van der Waals surface area contributed by atoms with Gasteiger partial charge in [0.05, 0.1) is 32.7 Å². The summed E-state index contributed by atoms with van der Waals surface area (Å²) in [5.74, 6) is 1.55. The molecule has 4 aliphatic rings. The quantitative estimate of drug-likeness (QED) is 0.312. The summed E-state index contributed by atoms with van der Waals surface area (Å²) < 4.78 is 0. The molecule has 1 N–H and O–H groups in total. The molecule has 11 heteroatoms. The van der Waals surface area contributed by atoms with Crippen LogP contribution in [0.3, 0.4) is 0 Å². The predicted octanol–water partition coefficient (Wildman–Crippen LogP) is 3.48. The second kappa shape index (κ2) is 10.9. The van der Waals surface area contributed by atoms with Crippen LogP contribution in [-0.2, 0) is 4.79 Å². The number of carbonyl (C=O) groups is 2. The van der Waals surface area contributed by atoms with Gasteiger partial charge in [0.25, 0.3) is 5.91 Å². The molecular formula is C26H33N7O2S2. The summed E-state index contributed by atoms with van der Waals surface area (Å²) in [5.41, 5.74) is 2.42. The van der Waals surface area contributed by atoms with Crippen molar-refractivity contribution in [2.45, 2.75) is 51.7 Å². The molecule has 0 aliphatic carbocycles. The fourth-order valence-electron chi connectivity index (χ4n) is 5.54. The summed E-state index contributed by atoms with van der Waals surface area (Å²) >= 11 is 3.19. The monoisotopic (exact) mass is 539 g/mol. The number of nitrogens with one attached hydrogen (secondary N) is 1. The average Bonchev–Trinajstić information content (AvgIpc) is 3.51. The number of fused-ring (bicyclic) bond motifs is 2. The molecule has 9 nitrogen and oxygen atoms in total. The van der Waals surface area contributed by atoms with Crippen LogP contribution < -0.4 is 5.32 Å². The van der Waals surface area contributed by atoms with Gasteiger partial charge >= 0.3 is 0 Å². The molecule has 0 aromatic carbocycles. The van der Waals surface area contributed by atoms with Gasteiger partial charge in [-0.25, -0.2) is 9.97 Å². The number of aryl methyl sites for hydroxylation is 2. The minimum Gasteiger partial charge on any atom is -0.361 e. The summed E-state index contributed by atoms with van der Waals surface area (Å²) in [6.45, 7) is 12.7. The number of pyridine rings is 1. The van der Waals surface area contributed by atoms with Crippen LogP contribution in [0.5, 0.6) is 0 Å². The zero-order chi connectivity index (χ0) is 26.1. The van der Waals surface area contributed by atoms with Crippen molar-refractivity contribution in [2.75, 3.05) is 37.4 Å². The first-order valence-corrected chi connectivity index (χ1v) is 14.5. The number of aliphatic imine (C=N–C) groups is 1. The Balaban J connectivity index is 1.11. The first-order chi connectivity index (χ1) is 17.8. The third-order valence-electron chi connectivity index (χ3n) is 7.43. The molecule has 4 aliphatic heterocycles. The molecule has 2 aromatic heterocycles. The molecule has 196 valence electrons. The highest BCUT2D eigenvalue weighted by Crippen LogP contribution is 2.36. The lowest BCUT2D eigenvalue weighted by Crippen LogP contribution is -2.71. The number of thioether (sulfide) groups is 1. The number of thiazole rings is 1. The van der Waals surface area contributed by atoms with E-state index in [0.717, 1.165) is 66.1 Å². The van der Waals surface area contributed by atoms with Gasteiger partial charge in [0.1, 0.15) is 5.82 Å². The number of amides is 2. The highest BCUT2D eigenvalue weighted by molar-refractivity contribution is 8.02. The maximum atomic E-state index is 13.2. The molecular weight excluding hydrogens is 506 g/mol. The lowest BCUT2D eigenvalue weighted by Gasteiger charge is -2.57. The van der Waals surface area contributed by atoms with E-state index in [1.54, 1.807) is 36.2 Å². The Morgan fingerprint density at radius 1 is 1.24 bits per heavy atom. The fraction of sp³-hybridized carbons (Fsp3) is 0.500. The van der Waals surface area contributed by atoms with E-state index in [9.17, 15) is 9.59 Å². The molecule has 37 heavy (non-hydrogen) atoms. The topological polar surface area (TPSA) is 94.0 Å². The summed E-state index contributed by atoms with van der Waals surface area (Å²) in [7, 11) is 0. The first-order valence-electron chi connectivity index (χ1n) is 12.6.